The predicted molar refractivity (Wildman–Crippen MR) is 246 cm³/mol. The van der Waals surface area contributed by atoms with E-state index in [1.54, 1.807) is 59.8 Å². The molecule has 67 heavy (non-hydrogen) atoms. The number of hydrogen-bond acceptors (Lipinski definition) is 13. The summed E-state index contributed by atoms with van der Waals surface area (Å²) < 4.78 is 25.0. The fourth-order valence-corrected chi connectivity index (χ4v) is 8.79. The first-order valence-corrected chi connectivity index (χ1v) is 22.4. The number of likely N-dealkylation sites (tertiary alicyclic amines) is 1. The van der Waals surface area contributed by atoms with Gasteiger partial charge in [-0.3, -0.25) is 48.9 Å². The second-order valence-electron chi connectivity index (χ2n) is 16.7. The highest BCUT2D eigenvalue weighted by atomic mass is 16.5. The Morgan fingerprint density at radius 3 is 2.07 bits per heavy atom. The number of carbonyl (C=O) groups excluding carboxylic acids is 5. The van der Waals surface area contributed by atoms with Gasteiger partial charge in [0.05, 0.1) is 47.7 Å². The summed E-state index contributed by atoms with van der Waals surface area (Å²) in [6, 6.07) is 9.28. The predicted octanol–water partition coefficient (Wildman–Crippen LogP) is 3.16. The Labute approximate surface area is 385 Å². The van der Waals surface area contributed by atoms with Crippen LogP contribution in [0, 0.1) is 13.8 Å². The molecule has 0 spiro atoms. The first-order valence-electron chi connectivity index (χ1n) is 22.4. The van der Waals surface area contributed by atoms with Crippen molar-refractivity contribution in [2.75, 3.05) is 57.1 Å². The number of anilines is 2. The van der Waals surface area contributed by atoms with Gasteiger partial charge < -0.3 is 40.1 Å². The van der Waals surface area contributed by atoms with Crippen LogP contribution in [0.2, 0.25) is 0 Å². The summed E-state index contributed by atoms with van der Waals surface area (Å²) in [5.74, 6) is -1.12. The second kappa shape index (κ2) is 19.6. The number of carbonyl (C=O) groups is 5. The summed E-state index contributed by atoms with van der Waals surface area (Å²) in [4.78, 5) is 77.0. The van der Waals surface area contributed by atoms with Crippen LogP contribution in [0.1, 0.15) is 98.7 Å². The van der Waals surface area contributed by atoms with Crippen molar-refractivity contribution in [2.45, 2.75) is 85.2 Å². The number of ether oxygens (including phenoxy) is 3. The summed E-state index contributed by atoms with van der Waals surface area (Å²) in [5, 5.41) is 17.8. The van der Waals surface area contributed by atoms with Gasteiger partial charge in [-0.15, -0.1) is 0 Å². The van der Waals surface area contributed by atoms with E-state index in [4.69, 9.17) is 35.6 Å². The van der Waals surface area contributed by atoms with E-state index in [0.29, 0.717) is 108 Å². The molecule has 0 aliphatic carbocycles. The van der Waals surface area contributed by atoms with Crippen LogP contribution in [0.3, 0.4) is 0 Å². The molecule has 1 saturated heterocycles. The van der Waals surface area contributed by atoms with Crippen molar-refractivity contribution in [2.24, 2.45) is 11.5 Å². The zero-order chi connectivity index (χ0) is 47.5. The van der Waals surface area contributed by atoms with Gasteiger partial charge in [-0.2, -0.15) is 10.2 Å². The zero-order valence-electron chi connectivity index (χ0n) is 38.3. The molecule has 2 aromatic carbocycles. The van der Waals surface area contributed by atoms with E-state index in [0.717, 1.165) is 13.0 Å². The highest BCUT2D eigenvalue weighted by Gasteiger charge is 2.31. The molecule has 7 N–H and O–H groups in total. The number of aryl methyl sites for hydroxylation is 5. The number of nitrogens with one attached hydrogen (secondary N) is 3. The molecule has 5 amide bonds. The number of amides is 5. The monoisotopic (exact) mass is 920 g/mol. The van der Waals surface area contributed by atoms with Gasteiger partial charge in [-0.1, -0.05) is 0 Å². The molecule has 8 rings (SSSR count). The van der Waals surface area contributed by atoms with Crippen LogP contribution in [0.5, 0.6) is 11.5 Å². The Morgan fingerprint density at radius 2 is 1.45 bits per heavy atom. The molecule has 22 heteroatoms. The van der Waals surface area contributed by atoms with E-state index >= 15 is 0 Å². The number of nitrogens with two attached hydrogens (primary N) is 2. The molecule has 0 bridgehead atoms. The number of imidazole rings is 2. The average molecular weight is 921 g/mol. The highest BCUT2D eigenvalue weighted by molar-refractivity contribution is 6.05. The van der Waals surface area contributed by atoms with Crippen molar-refractivity contribution >= 4 is 63.5 Å². The van der Waals surface area contributed by atoms with Crippen molar-refractivity contribution in [3.63, 3.8) is 0 Å². The third kappa shape index (κ3) is 9.80. The molecular weight excluding hydrogens is 865 g/mol. The minimum atomic E-state index is -0.691. The van der Waals surface area contributed by atoms with E-state index in [2.05, 4.69) is 31.0 Å². The first-order chi connectivity index (χ1) is 32.2. The fourth-order valence-electron chi connectivity index (χ4n) is 8.79. The molecule has 2 atom stereocenters. The van der Waals surface area contributed by atoms with Crippen LogP contribution in [0.4, 0.5) is 11.9 Å². The van der Waals surface area contributed by atoms with E-state index in [-0.39, 0.29) is 60.8 Å². The van der Waals surface area contributed by atoms with E-state index in [1.165, 1.54) is 0 Å². The summed E-state index contributed by atoms with van der Waals surface area (Å²) in [5.41, 5.74) is 15.8. The molecule has 0 saturated carbocycles. The van der Waals surface area contributed by atoms with Crippen LogP contribution >= 0.6 is 0 Å². The maximum atomic E-state index is 13.9. The minimum absolute atomic E-state index is 0.0971. The van der Waals surface area contributed by atoms with Crippen LogP contribution in [-0.4, -0.2) is 126 Å². The van der Waals surface area contributed by atoms with Crippen molar-refractivity contribution in [3.8, 4) is 11.5 Å². The summed E-state index contributed by atoms with van der Waals surface area (Å²) >= 11 is 0. The lowest BCUT2D eigenvalue weighted by Gasteiger charge is -2.27. The standard InChI is InChI=1S/C45H56N14O8/c1-6-57-33(16-25(3)53-57)42(63)51-44-49-31-18-27(40(46)61)20-35(66-15-9-12-48-37(60)23-55-14-11-30(22-55)65-5)38(31)56(44)13-8-10-29-24-67-36-21-28(41(47)62)19-32-39(36)59(29)45(50-32)52-43(64)34-17-26(4)54-58(34)7-2/h16-21,29-30H,6-15,22-24H2,1-5H3,(H2,46,61)(H2,47,62)(H,48,60)(H,49,51,63)(H,50,52,64)/t29-,30-/m0/s1. The molecule has 4 aromatic heterocycles. The lowest BCUT2D eigenvalue weighted by molar-refractivity contribution is -0.122. The Morgan fingerprint density at radius 1 is 0.821 bits per heavy atom. The van der Waals surface area contributed by atoms with Crippen molar-refractivity contribution in [1.82, 2.24) is 48.9 Å². The molecule has 1 fully saturated rings. The van der Waals surface area contributed by atoms with Crippen molar-refractivity contribution < 1.29 is 38.2 Å². The van der Waals surface area contributed by atoms with Gasteiger partial charge >= 0.3 is 0 Å². The number of primary amides is 2. The fraction of sp³-hybridized carbons (Fsp3) is 0.444. The molecule has 2 aliphatic rings. The lowest BCUT2D eigenvalue weighted by atomic mass is 10.1. The van der Waals surface area contributed by atoms with Crippen molar-refractivity contribution in [1.29, 1.82) is 0 Å². The first kappa shape index (κ1) is 46.2. The number of rotatable bonds is 20. The Balaban J connectivity index is 1.08. The highest BCUT2D eigenvalue weighted by Crippen LogP contribution is 2.39. The SMILES string of the molecule is CCn1nc(C)cc1C(=O)Nc1nc2cc(C(N)=O)cc(OCCCNC(=O)CN3CC[C@H](OC)C3)c2n1CCC[C@H]1COc2cc(C(N)=O)cc3nc(NC(=O)c4cc(C)nn4CC)n1c23. The minimum Gasteiger partial charge on any atom is -0.491 e. The molecule has 6 heterocycles. The molecule has 0 radical (unpaired) electrons. The lowest BCUT2D eigenvalue weighted by Crippen LogP contribution is -2.37. The number of methoxy groups -OCH3 is 1. The van der Waals surface area contributed by atoms with Gasteiger partial charge in [-0.05, 0) is 89.8 Å². The molecular formula is C45H56N14O8. The number of benzene rings is 2. The van der Waals surface area contributed by atoms with Gasteiger partial charge in [0.1, 0.15) is 40.5 Å². The number of fused-ring (bicyclic) bond motifs is 1. The van der Waals surface area contributed by atoms with Crippen LogP contribution < -0.4 is 36.9 Å². The summed E-state index contributed by atoms with van der Waals surface area (Å²) in [7, 11) is 1.68. The van der Waals surface area contributed by atoms with Gasteiger partial charge in [-0.25, -0.2) is 9.97 Å². The van der Waals surface area contributed by atoms with Crippen molar-refractivity contribution in [3.05, 3.63) is 70.3 Å². The molecule has 6 aromatic rings. The molecule has 354 valence electrons. The van der Waals surface area contributed by atoms with Gasteiger partial charge in [0, 0.05) is 57.5 Å². The number of aromatic nitrogens is 8. The van der Waals surface area contributed by atoms with Gasteiger partial charge in [0.2, 0.25) is 29.6 Å². The van der Waals surface area contributed by atoms with E-state index in [9.17, 15) is 24.0 Å². The third-order valence-electron chi connectivity index (χ3n) is 12.0. The van der Waals surface area contributed by atoms with Crippen LogP contribution in [0.25, 0.3) is 22.1 Å². The maximum Gasteiger partial charge on any atom is 0.276 e. The third-order valence-corrected chi connectivity index (χ3v) is 12.0. The second-order valence-corrected chi connectivity index (χ2v) is 16.7. The van der Waals surface area contributed by atoms with E-state index in [1.807, 2.05) is 29.9 Å². The molecule has 22 nitrogen and oxygen atoms in total. The molecule has 0 unspecified atom stereocenters. The smallest absolute Gasteiger partial charge is 0.276 e. The van der Waals surface area contributed by atoms with Crippen LogP contribution in [-0.2, 0) is 29.2 Å². The Bertz CT molecular complexity index is 2880. The average Bonchev–Trinajstić information content (AvgIpc) is 4.14. The summed E-state index contributed by atoms with van der Waals surface area (Å²) in [6.07, 6.45) is 2.41. The summed E-state index contributed by atoms with van der Waals surface area (Å²) in [6.45, 7) is 11.1. The zero-order valence-corrected chi connectivity index (χ0v) is 38.3. The van der Waals surface area contributed by atoms with E-state index < -0.39 is 23.6 Å². The van der Waals surface area contributed by atoms with Crippen LogP contribution in [0.15, 0.2) is 36.4 Å². The topological polar surface area (TPSA) is 276 Å². The van der Waals surface area contributed by atoms with Gasteiger partial charge in [0.25, 0.3) is 11.8 Å². The number of nitrogens with zero attached hydrogens (tertiary/aromatic N) is 9. The number of hydrogen-bond donors (Lipinski definition) is 5. The quantitative estimate of drug-likeness (QED) is 0.0690. The Kier molecular flexibility index (Phi) is 13.5. The normalized spacial score (nSPS) is 15.8. The largest absolute Gasteiger partial charge is 0.491 e. The Hall–Kier alpha value is -7.33. The maximum absolute atomic E-state index is 13.9. The van der Waals surface area contributed by atoms with Gasteiger partial charge in [0.15, 0.2) is 0 Å². The molecule has 2 aliphatic heterocycles.